The fourth-order valence-corrected chi connectivity index (χ4v) is 3.47. The Hall–Kier alpha value is -1.03. The summed E-state index contributed by atoms with van der Waals surface area (Å²) >= 11 is 3.55. The molecule has 4 heteroatoms. The van der Waals surface area contributed by atoms with E-state index in [0.29, 0.717) is 23.4 Å². The summed E-state index contributed by atoms with van der Waals surface area (Å²) in [6, 6.07) is 3.96. The fourth-order valence-electron chi connectivity index (χ4n) is 2.77. The van der Waals surface area contributed by atoms with Gasteiger partial charge in [-0.15, -0.1) is 0 Å². The molecule has 1 atom stereocenters. The van der Waals surface area contributed by atoms with Gasteiger partial charge in [0.1, 0.15) is 0 Å². The van der Waals surface area contributed by atoms with Crippen molar-refractivity contribution in [1.82, 2.24) is 0 Å². The number of hydrogen-bond donors (Lipinski definition) is 1. The van der Waals surface area contributed by atoms with Crippen LogP contribution in [0, 0.1) is 5.92 Å². The van der Waals surface area contributed by atoms with Crippen molar-refractivity contribution < 1.29 is 9.90 Å². The lowest BCUT2D eigenvalue weighted by molar-refractivity contribution is 0.0696. The van der Waals surface area contributed by atoms with Crippen molar-refractivity contribution in [2.45, 2.75) is 39.7 Å². The molecule has 0 saturated carbocycles. The van der Waals surface area contributed by atoms with Crippen molar-refractivity contribution in [1.29, 1.82) is 0 Å². The van der Waals surface area contributed by atoms with E-state index in [-0.39, 0.29) is 0 Å². The van der Waals surface area contributed by atoms with Gasteiger partial charge in [-0.05, 0) is 53.4 Å². The Kier molecular flexibility index (Phi) is 3.90. The molecular weight excluding hydrogens is 306 g/mol. The van der Waals surface area contributed by atoms with Gasteiger partial charge in [-0.25, -0.2) is 4.79 Å². The van der Waals surface area contributed by atoms with E-state index >= 15 is 0 Å². The van der Waals surface area contributed by atoms with Crippen molar-refractivity contribution in [2.75, 3.05) is 11.4 Å². The Balaban J connectivity index is 2.59. The highest BCUT2D eigenvalue weighted by atomic mass is 79.9. The van der Waals surface area contributed by atoms with E-state index in [4.69, 9.17) is 0 Å². The first-order chi connectivity index (χ1) is 8.82. The third-order valence-electron chi connectivity index (χ3n) is 3.85. The molecule has 0 fully saturated rings. The molecule has 1 aromatic rings. The van der Waals surface area contributed by atoms with E-state index in [2.05, 4.69) is 48.5 Å². The van der Waals surface area contributed by atoms with Crippen LogP contribution in [-0.2, 0) is 0 Å². The summed E-state index contributed by atoms with van der Waals surface area (Å²) in [5, 5.41) is 9.21. The lowest BCUT2D eigenvalue weighted by atomic mass is 9.89. The van der Waals surface area contributed by atoms with Crippen LogP contribution < -0.4 is 4.90 Å². The first-order valence-corrected chi connectivity index (χ1v) is 7.45. The van der Waals surface area contributed by atoms with Crippen LogP contribution in [-0.4, -0.2) is 23.7 Å². The first kappa shape index (κ1) is 14.4. The smallest absolute Gasteiger partial charge is 0.335 e. The van der Waals surface area contributed by atoms with Crippen LogP contribution in [0.4, 0.5) is 5.69 Å². The highest BCUT2D eigenvalue weighted by molar-refractivity contribution is 9.10. The largest absolute Gasteiger partial charge is 0.478 e. The molecule has 1 unspecified atom stereocenters. The summed E-state index contributed by atoms with van der Waals surface area (Å²) in [4.78, 5) is 13.6. The monoisotopic (exact) mass is 325 g/mol. The van der Waals surface area contributed by atoms with Gasteiger partial charge in [-0.2, -0.15) is 0 Å². The Labute approximate surface area is 122 Å². The van der Waals surface area contributed by atoms with Crippen LogP contribution in [0.5, 0.6) is 0 Å². The average Bonchev–Trinajstić information content (AvgIpc) is 2.68. The fraction of sp³-hybridized carbons (Fsp3) is 0.533. The maximum atomic E-state index is 11.2. The maximum Gasteiger partial charge on any atom is 0.335 e. The van der Waals surface area contributed by atoms with Crippen LogP contribution in [0.3, 0.4) is 0 Å². The number of carboxylic acid groups (broad SMARTS) is 1. The van der Waals surface area contributed by atoms with Crippen molar-refractivity contribution in [2.24, 2.45) is 5.92 Å². The minimum atomic E-state index is -0.867. The summed E-state index contributed by atoms with van der Waals surface area (Å²) in [5.74, 6) is 0.0282. The molecule has 0 bridgehead atoms. The van der Waals surface area contributed by atoms with Crippen LogP contribution in [0.2, 0.25) is 0 Å². The second-order valence-electron chi connectivity index (χ2n) is 5.80. The van der Waals surface area contributed by atoms with Gasteiger partial charge in [0.2, 0.25) is 0 Å². The number of carbonyl (C=O) groups is 1. The van der Waals surface area contributed by atoms with Crippen molar-refractivity contribution >= 4 is 27.6 Å². The lowest BCUT2D eigenvalue weighted by Crippen LogP contribution is -2.30. The van der Waals surface area contributed by atoms with Crippen LogP contribution in [0.25, 0.3) is 0 Å². The van der Waals surface area contributed by atoms with Gasteiger partial charge in [0.05, 0.1) is 11.3 Å². The number of benzene rings is 1. The highest BCUT2D eigenvalue weighted by Gasteiger charge is 2.34. The molecular formula is C15H20BrNO2. The van der Waals surface area contributed by atoms with Gasteiger partial charge in [-0.3, -0.25) is 0 Å². The summed E-state index contributed by atoms with van der Waals surface area (Å²) in [6.45, 7) is 9.69. The average molecular weight is 326 g/mol. The predicted molar refractivity (Wildman–Crippen MR) is 81.2 cm³/mol. The first-order valence-electron chi connectivity index (χ1n) is 6.66. The number of halogens is 1. The molecule has 0 radical (unpaired) electrons. The zero-order valence-electron chi connectivity index (χ0n) is 11.8. The number of rotatable bonds is 3. The second kappa shape index (κ2) is 5.16. The van der Waals surface area contributed by atoms with Gasteiger partial charge in [-0.1, -0.05) is 13.8 Å². The molecule has 19 heavy (non-hydrogen) atoms. The maximum absolute atomic E-state index is 11.2. The molecule has 3 nitrogen and oxygen atoms in total. The number of anilines is 1. The molecule has 1 N–H and O–H groups in total. The third kappa shape index (κ3) is 2.50. The van der Waals surface area contributed by atoms with Crippen molar-refractivity contribution in [3.05, 3.63) is 27.7 Å². The molecule has 1 heterocycles. The summed E-state index contributed by atoms with van der Waals surface area (Å²) in [6.07, 6.45) is 0. The molecule has 2 rings (SSSR count). The van der Waals surface area contributed by atoms with E-state index in [9.17, 15) is 9.90 Å². The number of nitrogens with zero attached hydrogens (tertiary/aromatic N) is 1. The van der Waals surface area contributed by atoms with Crippen LogP contribution >= 0.6 is 15.9 Å². The highest BCUT2D eigenvalue weighted by Crippen LogP contribution is 2.45. The number of carboxylic acids is 1. The van der Waals surface area contributed by atoms with E-state index in [1.54, 1.807) is 6.07 Å². The van der Waals surface area contributed by atoms with Gasteiger partial charge in [0, 0.05) is 23.0 Å². The molecule has 0 aliphatic carbocycles. The van der Waals surface area contributed by atoms with E-state index in [1.165, 1.54) is 5.69 Å². The van der Waals surface area contributed by atoms with E-state index < -0.39 is 5.97 Å². The molecule has 1 aliphatic heterocycles. The summed E-state index contributed by atoms with van der Waals surface area (Å²) < 4.78 is 0.888. The van der Waals surface area contributed by atoms with Gasteiger partial charge >= 0.3 is 5.97 Å². The lowest BCUT2D eigenvalue weighted by Gasteiger charge is -2.26. The number of aromatic carboxylic acids is 1. The zero-order chi connectivity index (χ0) is 14.3. The number of fused-ring (bicyclic) bond motifs is 1. The second-order valence-corrected chi connectivity index (χ2v) is 6.65. The normalized spacial score (nSPS) is 18.3. The topological polar surface area (TPSA) is 40.5 Å². The third-order valence-corrected chi connectivity index (χ3v) is 4.45. The minimum absolute atomic E-state index is 0.363. The molecule has 1 aliphatic rings. The minimum Gasteiger partial charge on any atom is -0.478 e. The Morgan fingerprint density at radius 3 is 2.47 bits per heavy atom. The molecule has 1 aromatic carbocycles. The van der Waals surface area contributed by atoms with Gasteiger partial charge in [0.25, 0.3) is 0 Å². The molecule has 0 aromatic heterocycles. The van der Waals surface area contributed by atoms with Crippen LogP contribution in [0.15, 0.2) is 16.6 Å². The molecule has 0 amide bonds. The number of hydrogen-bond acceptors (Lipinski definition) is 2. The predicted octanol–water partition coefficient (Wildman–Crippen LogP) is 4.12. The zero-order valence-corrected chi connectivity index (χ0v) is 13.4. The van der Waals surface area contributed by atoms with Crippen molar-refractivity contribution in [3.63, 3.8) is 0 Å². The Morgan fingerprint density at radius 2 is 2.00 bits per heavy atom. The SMILES string of the molecule is CC(C)C1CN(C(C)C)c2c(Br)cc(C(=O)O)cc21. The van der Waals surface area contributed by atoms with Gasteiger partial charge in [0.15, 0.2) is 0 Å². The summed E-state index contributed by atoms with van der Waals surface area (Å²) in [7, 11) is 0. The Bertz CT molecular complexity index is 511. The van der Waals surface area contributed by atoms with Crippen molar-refractivity contribution in [3.8, 4) is 0 Å². The quantitative estimate of drug-likeness (QED) is 0.908. The van der Waals surface area contributed by atoms with E-state index in [1.807, 2.05) is 6.07 Å². The standard InChI is InChI=1S/C15H20BrNO2/c1-8(2)12-7-17(9(3)4)14-11(12)5-10(15(18)19)6-13(14)16/h5-6,8-9,12H,7H2,1-4H3,(H,18,19). The molecule has 0 spiro atoms. The summed E-state index contributed by atoms with van der Waals surface area (Å²) in [5.41, 5.74) is 2.69. The van der Waals surface area contributed by atoms with Gasteiger partial charge < -0.3 is 10.0 Å². The van der Waals surface area contributed by atoms with Crippen LogP contribution in [0.1, 0.15) is 49.5 Å². The molecule has 104 valence electrons. The Morgan fingerprint density at radius 1 is 1.37 bits per heavy atom. The van der Waals surface area contributed by atoms with E-state index in [0.717, 1.165) is 16.6 Å². The molecule has 0 saturated heterocycles.